The van der Waals surface area contributed by atoms with E-state index in [0.717, 1.165) is 11.3 Å². The number of aliphatic carboxylic acids is 1. The number of H-pyrrole nitrogens is 1. The fourth-order valence-corrected chi connectivity index (χ4v) is 1.90. The Kier molecular flexibility index (Phi) is 4.71. The minimum absolute atomic E-state index is 0.247. The number of rotatable bonds is 6. The Labute approximate surface area is 121 Å². The molecule has 0 atom stereocenters. The van der Waals surface area contributed by atoms with E-state index < -0.39 is 5.97 Å². The van der Waals surface area contributed by atoms with Crippen LogP contribution < -0.4 is 10.3 Å². The Morgan fingerprint density at radius 3 is 2.86 bits per heavy atom. The molecular weight excluding hydrogens is 272 g/mol. The monoisotopic (exact) mass is 288 g/mol. The molecule has 6 heteroatoms. The van der Waals surface area contributed by atoms with Crippen molar-refractivity contribution in [3.8, 4) is 5.75 Å². The number of nitrogens with one attached hydrogen (secondary N) is 1. The molecule has 0 bridgehead atoms. The molecule has 2 rings (SSSR count). The molecule has 0 amide bonds. The van der Waals surface area contributed by atoms with Gasteiger partial charge in [-0.15, -0.1) is 0 Å². The van der Waals surface area contributed by atoms with Gasteiger partial charge in [0.05, 0.1) is 18.7 Å². The van der Waals surface area contributed by atoms with E-state index in [4.69, 9.17) is 9.84 Å². The standard InChI is InChI=1S/C15H16N2O4/c1-10-4-2-3-5-12(10)21-7-6-13-16-11(9-15(19)20)8-14(18)17-13/h2-5,8H,6-7,9H2,1H3,(H,19,20)(H,16,17,18). The van der Waals surface area contributed by atoms with Crippen LogP contribution in [0.5, 0.6) is 5.75 Å². The number of hydrogen-bond acceptors (Lipinski definition) is 4. The maximum Gasteiger partial charge on any atom is 0.309 e. The van der Waals surface area contributed by atoms with Gasteiger partial charge in [-0.1, -0.05) is 18.2 Å². The molecule has 110 valence electrons. The van der Waals surface area contributed by atoms with Gasteiger partial charge in [0.15, 0.2) is 0 Å². The van der Waals surface area contributed by atoms with E-state index in [0.29, 0.717) is 18.9 Å². The number of aryl methyl sites for hydroxylation is 1. The average molecular weight is 288 g/mol. The van der Waals surface area contributed by atoms with Gasteiger partial charge in [0.25, 0.3) is 5.56 Å². The van der Waals surface area contributed by atoms with Crippen molar-refractivity contribution in [3.63, 3.8) is 0 Å². The molecule has 6 nitrogen and oxygen atoms in total. The maximum atomic E-state index is 11.5. The van der Waals surface area contributed by atoms with Gasteiger partial charge in [0.2, 0.25) is 0 Å². The Bertz CT molecular complexity index is 694. The van der Waals surface area contributed by atoms with Crippen molar-refractivity contribution in [2.75, 3.05) is 6.61 Å². The van der Waals surface area contributed by atoms with Gasteiger partial charge in [-0.3, -0.25) is 9.59 Å². The predicted octanol–water partition coefficient (Wildman–Crippen LogP) is 1.33. The molecule has 2 aromatic rings. The number of nitrogens with zero attached hydrogens (tertiary/aromatic N) is 1. The molecule has 0 fully saturated rings. The number of ether oxygens (including phenoxy) is 1. The molecule has 0 aliphatic heterocycles. The first-order valence-corrected chi connectivity index (χ1v) is 6.54. The Hall–Kier alpha value is -2.63. The van der Waals surface area contributed by atoms with Crippen LogP contribution in [0, 0.1) is 6.92 Å². The second kappa shape index (κ2) is 6.69. The third-order valence-electron chi connectivity index (χ3n) is 2.87. The molecule has 0 aliphatic rings. The number of benzene rings is 1. The van der Waals surface area contributed by atoms with Gasteiger partial charge in [-0.25, -0.2) is 4.98 Å². The normalized spacial score (nSPS) is 10.3. The highest BCUT2D eigenvalue weighted by Crippen LogP contribution is 2.16. The summed E-state index contributed by atoms with van der Waals surface area (Å²) >= 11 is 0. The van der Waals surface area contributed by atoms with Crippen LogP contribution in [0.4, 0.5) is 0 Å². The lowest BCUT2D eigenvalue weighted by Gasteiger charge is -2.08. The quantitative estimate of drug-likeness (QED) is 0.836. The van der Waals surface area contributed by atoms with Crippen molar-refractivity contribution >= 4 is 5.97 Å². The third kappa shape index (κ3) is 4.45. The number of carbonyl (C=O) groups is 1. The number of carboxylic acid groups (broad SMARTS) is 1. The highest BCUT2D eigenvalue weighted by molar-refractivity contribution is 5.69. The van der Waals surface area contributed by atoms with Crippen LogP contribution in [0.2, 0.25) is 0 Å². The molecule has 2 N–H and O–H groups in total. The summed E-state index contributed by atoms with van der Waals surface area (Å²) in [5.41, 5.74) is 0.919. The number of aromatic nitrogens is 2. The summed E-state index contributed by atoms with van der Waals surface area (Å²) < 4.78 is 5.62. The second-order valence-corrected chi connectivity index (χ2v) is 4.62. The fraction of sp³-hybridized carbons (Fsp3) is 0.267. The van der Waals surface area contributed by atoms with E-state index >= 15 is 0 Å². The van der Waals surface area contributed by atoms with Gasteiger partial charge in [-0.2, -0.15) is 0 Å². The predicted molar refractivity (Wildman–Crippen MR) is 76.6 cm³/mol. The van der Waals surface area contributed by atoms with Gasteiger partial charge in [0, 0.05) is 12.5 Å². The zero-order valence-corrected chi connectivity index (χ0v) is 11.6. The van der Waals surface area contributed by atoms with Crippen LogP contribution in [0.25, 0.3) is 0 Å². The first-order chi connectivity index (χ1) is 10.0. The number of hydrogen-bond donors (Lipinski definition) is 2. The van der Waals surface area contributed by atoms with Crippen LogP contribution in [-0.4, -0.2) is 27.7 Å². The number of aromatic amines is 1. The highest BCUT2D eigenvalue weighted by Gasteiger charge is 2.06. The largest absolute Gasteiger partial charge is 0.493 e. The molecule has 0 unspecified atom stereocenters. The summed E-state index contributed by atoms with van der Waals surface area (Å²) in [7, 11) is 0. The van der Waals surface area contributed by atoms with Crippen LogP contribution in [0.15, 0.2) is 35.1 Å². The van der Waals surface area contributed by atoms with Crippen molar-refractivity contribution in [2.45, 2.75) is 19.8 Å². The van der Waals surface area contributed by atoms with Crippen molar-refractivity contribution in [3.05, 3.63) is 57.8 Å². The van der Waals surface area contributed by atoms with E-state index in [2.05, 4.69) is 9.97 Å². The first kappa shape index (κ1) is 14.8. The van der Waals surface area contributed by atoms with Gasteiger partial charge in [-0.05, 0) is 18.6 Å². The Morgan fingerprint density at radius 1 is 1.38 bits per heavy atom. The van der Waals surface area contributed by atoms with E-state index in [1.165, 1.54) is 6.07 Å². The minimum Gasteiger partial charge on any atom is -0.493 e. The van der Waals surface area contributed by atoms with Crippen molar-refractivity contribution in [1.29, 1.82) is 0 Å². The zero-order chi connectivity index (χ0) is 15.2. The second-order valence-electron chi connectivity index (χ2n) is 4.62. The molecule has 21 heavy (non-hydrogen) atoms. The van der Waals surface area contributed by atoms with Crippen LogP contribution >= 0.6 is 0 Å². The topological polar surface area (TPSA) is 92.3 Å². The molecule has 1 aromatic heterocycles. The Balaban J connectivity index is 2.00. The zero-order valence-electron chi connectivity index (χ0n) is 11.6. The molecular formula is C15H16N2O4. The first-order valence-electron chi connectivity index (χ1n) is 6.54. The third-order valence-corrected chi connectivity index (χ3v) is 2.87. The Morgan fingerprint density at radius 2 is 2.14 bits per heavy atom. The van der Waals surface area contributed by atoms with E-state index in [1.54, 1.807) is 0 Å². The number of carboxylic acids is 1. The van der Waals surface area contributed by atoms with Gasteiger partial charge in [0.1, 0.15) is 11.6 Å². The summed E-state index contributed by atoms with van der Waals surface area (Å²) in [4.78, 5) is 28.8. The average Bonchev–Trinajstić information content (AvgIpc) is 2.39. The lowest BCUT2D eigenvalue weighted by molar-refractivity contribution is -0.136. The summed E-state index contributed by atoms with van der Waals surface area (Å²) in [5.74, 6) is 0.184. The molecule has 0 spiro atoms. The van der Waals surface area contributed by atoms with E-state index in [9.17, 15) is 9.59 Å². The highest BCUT2D eigenvalue weighted by atomic mass is 16.5. The lowest BCUT2D eigenvalue weighted by atomic mass is 10.2. The number of para-hydroxylation sites is 1. The van der Waals surface area contributed by atoms with Crippen molar-refractivity contribution in [1.82, 2.24) is 9.97 Å². The summed E-state index contributed by atoms with van der Waals surface area (Å²) in [5, 5.41) is 8.73. The summed E-state index contributed by atoms with van der Waals surface area (Å²) in [6, 6.07) is 8.82. The van der Waals surface area contributed by atoms with Crippen molar-refractivity contribution in [2.24, 2.45) is 0 Å². The van der Waals surface area contributed by atoms with Crippen LogP contribution in [0.3, 0.4) is 0 Å². The summed E-state index contributed by atoms with van der Waals surface area (Å²) in [6.45, 7) is 2.30. The van der Waals surface area contributed by atoms with Crippen LogP contribution in [-0.2, 0) is 17.6 Å². The van der Waals surface area contributed by atoms with E-state index in [-0.39, 0.29) is 17.7 Å². The summed E-state index contributed by atoms with van der Waals surface area (Å²) in [6.07, 6.45) is 0.132. The minimum atomic E-state index is -1.02. The molecule has 0 aliphatic carbocycles. The SMILES string of the molecule is Cc1ccccc1OCCc1nc(CC(=O)O)cc(=O)[nH]1. The molecule has 0 saturated carbocycles. The van der Waals surface area contributed by atoms with Gasteiger partial charge >= 0.3 is 5.97 Å². The maximum absolute atomic E-state index is 11.5. The van der Waals surface area contributed by atoms with Crippen molar-refractivity contribution < 1.29 is 14.6 Å². The van der Waals surface area contributed by atoms with Gasteiger partial charge < -0.3 is 14.8 Å². The molecule has 0 saturated heterocycles. The molecule has 1 heterocycles. The molecule has 1 aromatic carbocycles. The molecule has 0 radical (unpaired) electrons. The fourth-order valence-electron chi connectivity index (χ4n) is 1.90. The smallest absolute Gasteiger partial charge is 0.309 e. The van der Waals surface area contributed by atoms with E-state index in [1.807, 2.05) is 31.2 Å². The lowest BCUT2D eigenvalue weighted by Crippen LogP contribution is -2.16. The van der Waals surface area contributed by atoms with Crippen LogP contribution in [0.1, 0.15) is 17.1 Å².